The molecule has 0 atom stereocenters. The molecule has 0 saturated heterocycles. The average Bonchev–Trinajstić information content (AvgIpc) is 2.35. The van der Waals surface area contributed by atoms with Crippen LogP contribution in [0.2, 0.25) is 5.02 Å². The summed E-state index contributed by atoms with van der Waals surface area (Å²) in [6.45, 7) is 1.86. The van der Waals surface area contributed by atoms with Crippen molar-refractivity contribution in [1.82, 2.24) is 0 Å². The molecule has 2 aromatic carbocycles. The minimum atomic E-state index is -0.445. The van der Waals surface area contributed by atoms with Gasteiger partial charge in [-0.05, 0) is 36.8 Å². The van der Waals surface area contributed by atoms with E-state index >= 15 is 0 Å². The summed E-state index contributed by atoms with van der Waals surface area (Å²) >= 11 is 9.22. The van der Waals surface area contributed by atoms with Gasteiger partial charge in [-0.3, -0.25) is 4.79 Å². The van der Waals surface area contributed by atoms with Crippen molar-refractivity contribution in [1.29, 1.82) is 0 Å². The molecule has 0 N–H and O–H groups in total. The molecule has 0 radical (unpaired) electrons. The maximum atomic E-state index is 13.2. The van der Waals surface area contributed by atoms with Gasteiger partial charge in [0.15, 0.2) is 5.78 Å². The third kappa shape index (κ3) is 2.62. The Morgan fingerprint density at radius 3 is 2.61 bits per heavy atom. The van der Waals surface area contributed by atoms with Crippen LogP contribution in [-0.4, -0.2) is 5.78 Å². The molecule has 0 spiro atoms. The summed E-state index contributed by atoms with van der Waals surface area (Å²) in [6.07, 6.45) is 0. The Hall–Kier alpha value is -1.19. The molecule has 0 aliphatic heterocycles. The van der Waals surface area contributed by atoms with Gasteiger partial charge in [0, 0.05) is 20.6 Å². The van der Waals surface area contributed by atoms with E-state index in [1.165, 1.54) is 18.2 Å². The van der Waals surface area contributed by atoms with Gasteiger partial charge in [-0.2, -0.15) is 0 Å². The third-order valence-corrected chi connectivity index (χ3v) is 3.71. The first-order chi connectivity index (χ1) is 8.49. The first-order valence-corrected chi connectivity index (χ1v) is 6.42. The Kier molecular flexibility index (Phi) is 3.83. The smallest absolute Gasteiger partial charge is 0.194 e. The zero-order chi connectivity index (χ0) is 13.3. The highest BCUT2D eigenvalue weighted by atomic mass is 79.9. The van der Waals surface area contributed by atoms with E-state index in [4.69, 9.17) is 11.6 Å². The SMILES string of the molecule is Cc1ccc(C(=O)c2cc(F)ccc2Br)cc1Cl. The highest BCUT2D eigenvalue weighted by molar-refractivity contribution is 9.10. The molecule has 4 heteroatoms. The van der Waals surface area contributed by atoms with Crippen LogP contribution in [0.1, 0.15) is 21.5 Å². The van der Waals surface area contributed by atoms with Crippen LogP contribution in [0.4, 0.5) is 4.39 Å². The number of rotatable bonds is 2. The largest absolute Gasteiger partial charge is 0.289 e. The lowest BCUT2D eigenvalue weighted by atomic mass is 10.0. The van der Waals surface area contributed by atoms with Crippen molar-refractivity contribution >= 4 is 33.3 Å². The third-order valence-electron chi connectivity index (χ3n) is 2.61. The van der Waals surface area contributed by atoms with Crippen molar-refractivity contribution in [2.24, 2.45) is 0 Å². The highest BCUT2D eigenvalue weighted by Gasteiger charge is 2.14. The molecule has 0 amide bonds. The number of hydrogen-bond acceptors (Lipinski definition) is 1. The monoisotopic (exact) mass is 326 g/mol. The van der Waals surface area contributed by atoms with Crippen LogP contribution in [0.25, 0.3) is 0 Å². The van der Waals surface area contributed by atoms with Gasteiger partial charge in [0.1, 0.15) is 5.82 Å². The molecule has 1 nitrogen and oxygen atoms in total. The van der Waals surface area contributed by atoms with Crippen molar-refractivity contribution < 1.29 is 9.18 Å². The van der Waals surface area contributed by atoms with Crippen LogP contribution < -0.4 is 0 Å². The summed E-state index contributed by atoms with van der Waals surface area (Å²) in [5.74, 6) is -0.706. The number of hydrogen-bond donors (Lipinski definition) is 0. The standard InChI is InChI=1S/C14H9BrClFO/c1-8-2-3-9(6-13(8)16)14(18)11-7-10(17)4-5-12(11)15/h2-7H,1H3. The van der Waals surface area contributed by atoms with Crippen molar-refractivity contribution in [2.45, 2.75) is 6.92 Å². The molecule has 0 bridgehead atoms. The topological polar surface area (TPSA) is 17.1 Å². The fourth-order valence-electron chi connectivity index (χ4n) is 1.56. The number of carbonyl (C=O) groups is 1. The van der Waals surface area contributed by atoms with Gasteiger partial charge in [-0.25, -0.2) is 4.39 Å². The van der Waals surface area contributed by atoms with Gasteiger partial charge in [0.25, 0.3) is 0 Å². The second kappa shape index (κ2) is 5.21. The molecule has 2 rings (SSSR count). The number of halogens is 3. The number of carbonyl (C=O) groups excluding carboxylic acids is 1. The summed E-state index contributed by atoms with van der Waals surface area (Å²) in [6, 6.07) is 9.06. The van der Waals surface area contributed by atoms with E-state index in [-0.39, 0.29) is 11.3 Å². The first-order valence-electron chi connectivity index (χ1n) is 5.25. The Morgan fingerprint density at radius 2 is 1.94 bits per heavy atom. The number of aryl methyl sites for hydroxylation is 1. The van der Waals surface area contributed by atoms with Crippen LogP contribution in [0.3, 0.4) is 0 Å². The molecular formula is C14H9BrClFO. The highest BCUT2D eigenvalue weighted by Crippen LogP contribution is 2.23. The molecule has 0 aliphatic rings. The van der Waals surface area contributed by atoms with Gasteiger partial charge in [-0.1, -0.05) is 39.7 Å². The van der Waals surface area contributed by atoms with Gasteiger partial charge in [0.2, 0.25) is 0 Å². The minimum absolute atomic E-state index is 0.261. The zero-order valence-electron chi connectivity index (χ0n) is 9.51. The van der Waals surface area contributed by atoms with E-state index in [0.29, 0.717) is 15.1 Å². The van der Waals surface area contributed by atoms with Crippen LogP contribution in [0.15, 0.2) is 40.9 Å². The number of ketones is 1. The van der Waals surface area contributed by atoms with Crippen molar-refractivity contribution in [2.75, 3.05) is 0 Å². The molecule has 0 saturated carbocycles. The fourth-order valence-corrected chi connectivity index (χ4v) is 2.17. The van der Waals surface area contributed by atoms with Crippen LogP contribution in [0.5, 0.6) is 0 Å². The maximum Gasteiger partial charge on any atom is 0.194 e. The lowest BCUT2D eigenvalue weighted by molar-refractivity contribution is 0.103. The molecule has 0 aliphatic carbocycles. The first kappa shape index (κ1) is 13.2. The second-order valence-electron chi connectivity index (χ2n) is 3.92. The minimum Gasteiger partial charge on any atom is -0.289 e. The summed E-state index contributed by atoms with van der Waals surface area (Å²) in [4.78, 5) is 12.2. The summed E-state index contributed by atoms with van der Waals surface area (Å²) in [5, 5.41) is 0.522. The normalized spacial score (nSPS) is 10.4. The Bertz CT molecular complexity index is 625. The quantitative estimate of drug-likeness (QED) is 0.725. The molecule has 18 heavy (non-hydrogen) atoms. The van der Waals surface area contributed by atoms with Gasteiger partial charge in [0.05, 0.1) is 0 Å². The van der Waals surface area contributed by atoms with Crippen molar-refractivity contribution in [3.8, 4) is 0 Å². The van der Waals surface area contributed by atoms with Gasteiger partial charge >= 0.3 is 0 Å². The Morgan fingerprint density at radius 1 is 1.22 bits per heavy atom. The van der Waals surface area contributed by atoms with Crippen LogP contribution >= 0.6 is 27.5 Å². The molecule has 2 aromatic rings. The zero-order valence-corrected chi connectivity index (χ0v) is 11.8. The summed E-state index contributed by atoms with van der Waals surface area (Å²) < 4.78 is 13.7. The van der Waals surface area contributed by atoms with Gasteiger partial charge < -0.3 is 0 Å². The summed E-state index contributed by atoms with van der Waals surface area (Å²) in [5.41, 5.74) is 1.62. The predicted molar refractivity (Wildman–Crippen MR) is 73.7 cm³/mol. The molecular weight excluding hydrogens is 319 g/mol. The lowest BCUT2D eigenvalue weighted by Crippen LogP contribution is -2.03. The van der Waals surface area contributed by atoms with Crippen LogP contribution in [-0.2, 0) is 0 Å². The lowest BCUT2D eigenvalue weighted by Gasteiger charge is -2.06. The van der Waals surface area contributed by atoms with E-state index in [9.17, 15) is 9.18 Å². The van der Waals surface area contributed by atoms with Crippen molar-refractivity contribution in [3.05, 3.63) is 68.4 Å². The molecule has 0 aromatic heterocycles. The van der Waals surface area contributed by atoms with E-state index in [1.54, 1.807) is 18.2 Å². The fraction of sp³-hybridized carbons (Fsp3) is 0.0714. The van der Waals surface area contributed by atoms with Gasteiger partial charge in [-0.15, -0.1) is 0 Å². The maximum absolute atomic E-state index is 13.2. The summed E-state index contributed by atoms with van der Waals surface area (Å²) in [7, 11) is 0. The predicted octanol–water partition coefficient (Wildman–Crippen LogP) is 4.78. The van der Waals surface area contributed by atoms with Crippen LogP contribution in [0, 0.1) is 12.7 Å². The average molecular weight is 328 g/mol. The number of benzene rings is 2. The Labute approximate surface area is 118 Å². The molecule has 0 heterocycles. The Balaban J connectivity index is 2.47. The van der Waals surface area contributed by atoms with E-state index in [0.717, 1.165) is 5.56 Å². The molecule has 92 valence electrons. The van der Waals surface area contributed by atoms with E-state index < -0.39 is 5.82 Å². The molecule has 0 unspecified atom stereocenters. The van der Waals surface area contributed by atoms with Crippen molar-refractivity contribution in [3.63, 3.8) is 0 Å². The van der Waals surface area contributed by atoms with E-state index in [1.807, 2.05) is 6.92 Å². The second-order valence-corrected chi connectivity index (χ2v) is 5.18. The molecule has 0 fully saturated rings. The van der Waals surface area contributed by atoms with E-state index in [2.05, 4.69) is 15.9 Å².